The molecule has 30 heavy (non-hydrogen) atoms. The van der Waals surface area contributed by atoms with Gasteiger partial charge in [-0.05, 0) is 62.5 Å². The molecule has 0 aliphatic rings. The van der Waals surface area contributed by atoms with Crippen LogP contribution in [0.3, 0.4) is 0 Å². The topological polar surface area (TPSA) is 9.23 Å². The van der Waals surface area contributed by atoms with E-state index in [-0.39, 0.29) is 0 Å². The second kappa shape index (κ2) is 10.0. The van der Waals surface area contributed by atoms with E-state index in [1.807, 2.05) is 0 Å². The Labute approximate surface area is 185 Å². The fraction of sp³-hybridized carbons (Fsp3) is 0.333. The lowest BCUT2D eigenvalue weighted by Crippen LogP contribution is -2.41. The largest absolute Gasteiger partial charge is 0.414 e. The van der Waals surface area contributed by atoms with Crippen molar-refractivity contribution < 1.29 is 4.43 Å². The molecule has 2 atom stereocenters. The van der Waals surface area contributed by atoms with Crippen LogP contribution < -0.4 is 15.9 Å². The molecule has 3 heteroatoms. The molecular weight excluding hydrogens is 399 g/mol. The van der Waals surface area contributed by atoms with E-state index >= 15 is 0 Å². The van der Waals surface area contributed by atoms with Crippen LogP contribution in [0.4, 0.5) is 0 Å². The van der Waals surface area contributed by atoms with Gasteiger partial charge >= 0.3 is 0 Å². The SMILES string of the molecule is CCC(O[Si](C)(C)C)C(C)C[P+](c1ccccc1)(c1ccccc1)c1ccccc1. The Morgan fingerprint density at radius 2 is 1.07 bits per heavy atom. The van der Waals surface area contributed by atoms with Crippen molar-refractivity contribution in [3.8, 4) is 0 Å². The molecule has 158 valence electrons. The molecular formula is C27H36OPSi+. The molecule has 3 rings (SSSR count). The summed E-state index contributed by atoms with van der Waals surface area (Å²) in [7, 11) is -3.41. The highest BCUT2D eigenvalue weighted by Gasteiger charge is 2.47. The van der Waals surface area contributed by atoms with Gasteiger partial charge in [0, 0.05) is 5.92 Å². The lowest BCUT2D eigenvalue weighted by molar-refractivity contribution is 0.141. The van der Waals surface area contributed by atoms with Gasteiger partial charge in [-0.2, -0.15) is 0 Å². The molecule has 0 bridgehead atoms. The van der Waals surface area contributed by atoms with Gasteiger partial charge in [0.25, 0.3) is 0 Å². The van der Waals surface area contributed by atoms with Crippen LogP contribution in [0.15, 0.2) is 91.0 Å². The smallest absolute Gasteiger partial charge is 0.184 e. The van der Waals surface area contributed by atoms with Gasteiger partial charge in [0.1, 0.15) is 23.2 Å². The average Bonchev–Trinajstić information content (AvgIpc) is 2.77. The van der Waals surface area contributed by atoms with Crippen molar-refractivity contribution in [2.45, 2.75) is 46.0 Å². The summed E-state index contributed by atoms with van der Waals surface area (Å²) in [5.74, 6) is 0.468. The van der Waals surface area contributed by atoms with E-state index in [9.17, 15) is 0 Å². The molecule has 0 N–H and O–H groups in total. The molecule has 0 aliphatic heterocycles. The Kier molecular flexibility index (Phi) is 7.68. The monoisotopic (exact) mass is 435 g/mol. The highest BCUT2D eigenvalue weighted by molar-refractivity contribution is 7.95. The first-order valence-electron chi connectivity index (χ1n) is 11.1. The van der Waals surface area contributed by atoms with E-state index in [0.29, 0.717) is 12.0 Å². The summed E-state index contributed by atoms with van der Waals surface area (Å²) in [5.41, 5.74) is 0. The lowest BCUT2D eigenvalue weighted by Gasteiger charge is -2.35. The van der Waals surface area contributed by atoms with Gasteiger partial charge in [-0.25, -0.2) is 0 Å². The minimum atomic E-state index is -1.81. The summed E-state index contributed by atoms with van der Waals surface area (Å²) in [6.45, 7) is 11.6. The Balaban J connectivity index is 2.16. The zero-order valence-electron chi connectivity index (χ0n) is 19.1. The van der Waals surface area contributed by atoms with Gasteiger partial charge in [-0.15, -0.1) is 0 Å². The molecule has 0 aliphatic carbocycles. The molecule has 2 unspecified atom stereocenters. The number of rotatable bonds is 9. The van der Waals surface area contributed by atoms with Crippen molar-refractivity contribution in [1.29, 1.82) is 0 Å². The van der Waals surface area contributed by atoms with Crippen molar-refractivity contribution >= 4 is 31.5 Å². The molecule has 3 aromatic rings. The highest BCUT2D eigenvalue weighted by atomic mass is 31.2. The molecule has 0 saturated heterocycles. The Bertz CT molecular complexity index is 794. The van der Waals surface area contributed by atoms with Crippen LogP contribution in [0.1, 0.15) is 20.3 Å². The molecule has 0 fully saturated rings. The van der Waals surface area contributed by atoms with E-state index in [4.69, 9.17) is 4.43 Å². The van der Waals surface area contributed by atoms with E-state index in [1.54, 1.807) is 0 Å². The van der Waals surface area contributed by atoms with E-state index in [0.717, 1.165) is 12.6 Å². The Morgan fingerprint density at radius 3 is 1.37 bits per heavy atom. The lowest BCUT2D eigenvalue weighted by atomic mass is 10.1. The zero-order valence-corrected chi connectivity index (χ0v) is 21.0. The minimum absolute atomic E-state index is 0.298. The van der Waals surface area contributed by atoms with Gasteiger partial charge in [0.2, 0.25) is 0 Å². The maximum Gasteiger partial charge on any atom is 0.184 e. The maximum absolute atomic E-state index is 6.66. The summed E-state index contributed by atoms with van der Waals surface area (Å²) in [6, 6.07) is 33.5. The third-order valence-corrected chi connectivity index (χ3v) is 11.4. The average molecular weight is 436 g/mol. The van der Waals surface area contributed by atoms with Crippen molar-refractivity contribution in [1.82, 2.24) is 0 Å². The molecule has 0 amide bonds. The van der Waals surface area contributed by atoms with Crippen LogP contribution >= 0.6 is 7.26 Å². The summed E-state index contributed by atoms with van der Waals surface area (Å²) in [5, 5.41) is 4.37. The molecule has 3 aromatic carbocycles. The van der Waals surface area contributed by atoms with E-state index in [1.165, 1.54) is 15.9 Å². The van der Waals surface area contributed by atoms with Gasteiger partial charge in [-0.1, -0.05) is 68.4 Å². The molecule has 0 heterocycles. The first kappa shape index (κ1) is 22.9. The van der Waals surface area contributed by atoms with Crippen molar-refractivity contribution in [3.05, 3.63) is 91.0 Å². The molecule has 0 radical (unpaired) electrons. The molecule has 0 saturated carbocycles. The standard InChI is InChI=1S/C27H36OPSi/c1-6-27(28-30(3,4)5)23(2)22-29(24-16-10-7-11-17-24,25-18-12-8-13-19-25)26-20-14-9-15-21-26/h7-21,23,27H,6,22H2,1-5H3/q+1. The number of hydrogen-bond donors (Lipinski definition) is 0. The third-order valence-electron chi connectivity index (χ3n) is 5.69. The first-order valence-corrected chi connectivity index (χ1v) is 16.5. The van der Waals surface area contributed by atoms with Crippen molar-refractivity contribution in [3.63, 3.8) is 0 Å². The second-order valence-electron chi connectivity index (χ2n) is 9.15. The summed E-state index contributed by atoms with van der Waals surface area (Å²) in [4.78, 5) is 0. The van der Waals surface area contributed by atoms with Crippen LogP contribution in [-0.4, -0.2) is 20.6 Å². The summed E-state index contributed by atoms with van der Waals surface area (Å²) < 4.78 is 6.66. The van der Waals surface area contributed by atoms with Crippen LogP contribution in [-0.2, 0) is 4.43 Å². The Hall–Kier alpha value is -1.73. The van der Waals surface area contributed by atoms with Crippen LogP contribution in [0.25, 0.3) is 0 Å². The van der Waals surface area contributed by atoms with E-state index < -0.39 is 15.6 Å². The van der Waals surface area contributed by atoms with Crippen molar-refractivity contribution in [2.24, 2.45) is 5.92 Å². The second-order valence-corrected chi connectivity index (χ2v) is 17.1. The van der Waals surface area contributed by atoms with Crippen LogP contribution in [0.5, 0.6) is 0 Å². The molecule has 0 spiro atoms. The quantitative estimate of drug-likeness (QED) is 0.285. The minimum Gasteiger partial charge on any atom is -0.414 e. The third kappa shape index (κ3) is 5.30. The van der Waals surface area contributed by atoms with Crippen LogP contribution in [0.2, 0.25) is 19.6 Å². The zero-order chi connectivity index (χ0) is 21.6. The predicted molar refractivity (Wildman–Crippen MR) is 138 cm³/mol. The fourth-order valence-corrected chi connectivity index (χ4v) is 10.4. The van der Waals surface area contributed by atoms with Gasteiger partial charge < -0.3 is 4.43 Å². The highest BCUT2D eigenvalue weighted by Crippen LogP contribution is 2.57. The number of benzene rings is 3. The van der Waals surface area contributed by atoms with E-state index in [2.05, 4.69) is 124 Å². The predicted octanol–water partition coefficient (Wildman–Crippen LogP) is 6.25. The Morgan fingerprint density at radius 1 is 0.700 bits per heavy atom. The van der Waals surface area contributed by atoms with Crippen LogP contribution in [0, 0.1) is 5.92 Å². The van der Waals surface area contributed by atoms with Gasteiger partial charge in [-0.3, -0.25) is 0 Å². The molecule has 1 nitrogen and oxygen atoms in total. The van der Waals surface area contributed by atoms with Crippen molar-refractivity contribution in [2.75, 3.05) is 6.16 Å². The van der Waals surface area contributed by atoms with Gasteiger partial charge in [0.05, 0.1) is 12.3 Å². The summed E-state index contributed by atoms with van der Waals surface area (Å²) >= 11 is 0. The number of hydrogen-bond acceptors (Lipinski definition) is 1. The maximum atomic E-state index is 6.66. The first-order chi connectivity index (χ1) is 14.4. The molecule has 0 aromatic heterocycles. The summed E-state index contributed by atoms with van der Waals surface area (Å²) in [6.07, 6.45) is 2.48. The normalized spacial score (nSPS) is 14.3. The van der Waals surface area contributed by atoms with Gasteiger partial charge in [0.15, 0.2) is 8.32 Å². The fourth-order valence-electron chi connectivity index (χ4n) is 4.42.